The van der Waals surface area contributed by atoms with Crippen LogP contribution in [0.5, 0.6) is 0 Å². The minimum atomic E-state index is -0.476. The first kappa shape index (κ1) is 14.1. The Labute approximate surface area is 128 Å². The molecule has 4 nitrogen and oxygen atoms in total. The quantitative estimate of drug-likeness (QED) is 0.545. The second-order valence-electron chi connectivity index (χ2n) is 4.80. The number of rotatable bonds is 4. The molecule has 0 atom stereocenters. The molecule has 3 rings (SSSR count). The Hall–Kier alpha value is -2.88. The standard InChI is InChI=1S/C18H15NO3/c1-2-22-18(21)16-14(12-20)17(13-8-4-3-5-9-13)19-11-7-6-10-15(16)19/h3-12H,2H2,1H3. The van der Waals surface area contributed by atoms with Crippen LogP contribution in [0.2, 0.25) is 0 Å². The van der Waals surface area contributed by atoms with Gasteiger partial charge in [-0.15, -0.1) is 0 Å². The van der Waals surface area contributed by atoms with Gasteiger partial charge in [-0.1, -0.05) is 36.4 Å². The fraction of sp³-hybridized carbons (Fsp3) is 0.111. The Bertz CT molecular complexity index is 834. The van der Waals surface area contributed by atoms with Crippen LogP contribution in [0, 0.1) is 0 Å². The van der Waals surface area contributed by atoms with Crippen molar-refractivity contribution < 1.29 is 14.3 Å². The number of hydrogen-bond acceptors (Lipinski definition) is 3. The number of hydrogen-bond donors (Lipinski definition) is 0. The van der Waals surface area contributed by atoms with Gasteiger partial charge in [0.05, 0.1) is 28.9 Å². The number of pyridine rings is 1. The molecule has 0 saturated carbocycles. The Morgan fingerprint density at radius 3 is 2.55 bits per heavy atom. The molecule has 0 aliphatic rings. The van der Waals surface area contributed by atoms with E-state index in [4.69, 9.17) is 4.74 Å². The number of esters is 1. The number of carbonyl (C=O) groups is 2. The number of nitrogens with zero attached hydrogens (tertiary/aromatic N) is 1. The molecule has 0 aliphatic heterocycles. The van der Waals surface area contributed by atoms with Crippen molar-refractivity contribution in [1.82, 2.24) is 4.40 Å². The van der Waals surface area contributed by atoms with Crippen LogP contribution in [0.25, 0.3) is 16.8 Å². The van der Waals surface area contributed by atoms with Gasteiger partial charge in [0.2, 0.25) is 0 Å². The van der Waals surface area contributed by atoms with Crippen molar-refractivity contribution in [3.63, 3.8) is 0 Å². The summed E-state index contributed by atoms with van der Waals surface area (Å²) in [6.07, 6.45) is 2.56. The second kappa shape index (κ2) is 5.85. The number of benzene rings is 1. The molecule has 110 valence electrons. The van der Waals surface area contributed by atoms with Crippen LogP contribution in [0.3, 0.4) is 0 Å². The molecule has 3 aromatic rings. The first-order valence-corrected chi connectivity index (χ1v) is 7.08. The minimum Gasteiger partial charge on any atom is -0.462 e. The van der Waals surface area contributed by atoms with Gasteiger partial charge in [0.1, 0.15) is 0 Å². The van der Waals surface area contributed by atoms with Crippen LogP contribution >= 0.6 is 0 Å². The molecule has 22 heavy (non-hydrogen) atoms. The van der Waals surface area contributed by atoms with Crippen molar-refractivity contribution in [2.24, 2.45) is 0 Å². The summed E-state index contributed by atoms with van der Waals surface area (Å²) in [6, 6.07) is 15.0. The van der Waals surface area contributed by atoms with Gasteiger partial charge in [0.25, 0.3) is 0 Å². The second-order valence-corrected chi connectivity index (χ2v) is 4.80. The van der Waals surface area contributed by atoms with Crippen LogP contribution in [-0.2, 0) is 4.74 Å². The molecule has 0 fully saturated rings. The number of carbonyl (C=O) groups excluding carboxylic acids is 2. The van der Waals surface area contributed by atoms with Gasteiger partial charge in [-0.05, 0) is 24.6 Å². The highest BCUT2D eigenvalue weighted by molar-refractivity contribution is 6.09. The highest BCUT2D eigenvalue weighted by Gasteiger charge is 2.24. The van der Waals surface area contributed by atoms with Gasteiger partial charge in [-0.2, -0.15) is 0 Å². The molecule has 0 aliphatic carbocycles. The molecule has 4 heteroatoms. The molecule has 0 radical (unpaired) electrons. The molecule has 0 saturated heterocycles. The summed E-state index contributed by atoms with van der Waals surface area (Å²) in [5.74, 6) is -0.476. The molecule has 0 N–H and O–H groups in total. The predicted molar refractivity (Wildman–Crippen MR) is 84.2 cm³/mol. The van der Waals surface area contributed by atoms with Crippen molar-refractivity contribution in [2.75, 3.05) is 6.61 Å². The average Bonchev–Trinajstić information content (AvgIpc) is 2.90. The SMILES string of the molecule is CCOC(=O)c1c(C=O)c(-c2ccccc2)n2ccccc12. The van der Waals surface area contributed by atoms with Crippen molar-refractivity contribution in [3.05, 3.63) is 65.9 Å². The van der Waals surface area contributed by atoms with Crippen molar-refractivity contribution in [3.8, 4) is 11.3 Å². The monoisotopic (exact) mass is 293 g/mol. The van der Waals surface area contributed by atoms with Gasteiger partial charge in [0, 0.05) is 6.20 Å². The van der Waals surface area contributed by atoms with Crippen LogP contribution in [0.1, 0.15) is 27.6 Å². The van der Waals surface area contributed by atoms with E-state index in [0.717, 1.165) is 11.8 Å². The number of aldehydes is 1. The summed E-state index contributed by atoms with van der Waals surface area (Å²) < 4.78 is 6.97. The molecule has 0 unspecified atom stereocenters. The Morgan fingerprint density at radius 2 is 1.86 bits per heavy atom. The van der Waals surface area contributed by atoms with Gasteiger partial charge >= 0.3 is 5.97 Å². The summed E-state index contributed by atoms with van der Waals surface area (Å²) in [5, 5.41) is 0. The van der Waals surface area contributed by atoms with Crippen molar-refractivity contribution in [1.29, 1.82) is 0 Å². The summed E-state index contributed by atoms with van der Waals surface area (Å²) in [4.78, 5) is 24.0. The fourth-order valence-corrected chi connectivity index (χ4v) is 2.65. The lowest BCUT2D eigenvalue weighted by molar-refractivity contribution is 0.0527. The van der Waals surface area contributed by atoms with E-state index >= 15 is 0 Å². The summed E-state index contributed by atoms with van der Waals surface area (Å²) in [5.41, 5.74) is 2.92. The molecule has 0 bridgehead atoms. The largest absolute Gasteiger partial charge is 0.462 e. The van der Waals surface area contributed by atoms with Gasteiger partial charge in [-0.3, -0.25) is 4.79 Å². The first-order chi connectivity index (χ1) is 10.8. The molecule has 0 spiro atoms. The fourth-order valence-electron chi connectivity index (χ4n) is 2.65. The van der Waals surface area contributed by atoms with E-state index in [1.165, 1.54) is 0 Å². The van der Waals surface area contributed by atoms with Gasteiger partial charge in [-0.25, -0.2) is 4.79 Å². The lowest BCUT2D eigenvalue weighted by Crippen LogP contribution is -2.06. The maximum atomic E-state index is 12.3. The van der Waals surface area contributed by atoms with Crippen LogP contribution in [0.4, 0.5) is 0 Å². The maximum absolute atomic E-state index is 12.3. The number of ether oxygens (including phenoxy) is 1. The van der Waals surface area contributed by atoms with Crippen molar-refractivity contribution >= 4 is 17.8 Å². The molecule has 0 amide bonds. The Balaban J connectivity index is 2.37. The van der Waals surface area contributed by atoms with Crippen molar-refractivity contribution in [2.45, 2.75) is 6.92 Å². The number of fused-ring (bicyclic) bond motifs is 1. The van der Waals surface area contributed by atoms with Gasteiger partial charge in [0.15, 0.2) is 6.29 Å². The van der Waals surface area contributed by atoms with E-state index in [9.17, 15) is 9.59 Å². The van der Waals surface area contributed by atoms with Crippen LogP contribution in [-0.4, -0.2) is 23.3 Å². The van der Waals surface area contributed by atoms with E-state index in [1.807, 2.05) is 59.1 Å². The lowest BCUT2D eigenvalue weighted by atomic mass is 10.1. The summed E-state index contributed by atoms with van der Waals surface area (Å²) >= 11 is 0. The summed E-state index contributed by atoms with van der Waals surface area (Å²) in [6.45, 7) is 2.01. The zero-order chi connectivity index (χ0) is 15.5. The molecule has 2 aromatic heterocycles. The smallest absolute Gasteiger partial charge is 0.341 e. The number of aromatic nitrogens is 1. The normalized spacial score (nSPS) is 10.6. The minimum absolute atomic E-state index is 0.266. The van der Waals surface area contributed by atoms with Gasteiger partial charge < -0.3 is 9.14 Å². The molecular formula is C18H15NO3. The molecule has 2 heterocycles. The van der Waals surface area contributed by atoms with E-state index in [-0.39, 0.29) is 6.61 Å². The zero-order valence-corrected chi connectivity index (χ0v) is 12.2. The Kier molecular flexibility index (Phi) is 3.74. The van der Waals surface area contributed by atoms with Crippen LogP contribution in [0.15, 0.2) is 54.7 Å². The van der Waals surface area contributed by atoms with E-state index in [2.05, 4.69) is 0 Å². The van der Waals surface area contributed by atoms with Crippen LogP contribution < -0.4 is 0 Å². The molecular weight excluding hydrogens is 278 g/mol. The third-order valence-corrected chi connectivity index (χ3v) is 3.53. The predicted octanol–water partition coefficient (Wildman–Crippen LogP) is 3.60. The van der Waals surface area contributed by atoms with E-state index in [1.54, 1.807) is 6.92 Å². The average molecular weight is 293 g/mol. The third kappa shape index (κ3) is 2.19. The highest BCUT2D eigenvalue weighted by atomic mass is 16.5. The third-order valence-electron chi connectivity index (χ3n) is 3.53. The lowest BCUT2D eigenvalue weighted by Gasteiger charge is -2.03. The summed E-state index contributed by atoms with van der Waals surface area (Å²) in [7, 11) is 0. The topological polar surface area (TPSA) is 47.8 Å². The van der Waals surface area contributed by atoms with E-state index < -0.39 is 5.97 Å². The van der Waals surface area contributed by atoms with E-state index in [0.29, 0.717) is 22.3 Å². The maximum Gasteiger partial charge on any atom is 0.341 e. The first-order valence-electron chi connectivity index (χ1n) is 7.08. The highest BCUT2D eigenvalue weighted by Crippen LogP contribution is 2.31. The zero-order valence-electron chi connectivity index (χ0n) is 12.2. The Morgan fingerprint density at radius 1 is 1.14 bits per heavy atom. The molecule has 1 aromatic carbocycles.